The molecule has 0 aliphatic carbocycles. The van der Waals surface area contributed by atoms with Crippen LogP contribution in [0.1, 0.15) is 22.4 Å². The Morgan fingerprint density at radius 1 is 0.925 bits per heavy atom. The number of piperazine rings is 1. The molecular formula is C30H27ClF3N5O. The molecular weight excluding hydrogens is 539 g/mol. The third-order valence-corrected chi connectivity index (χ3v) is 7.04. The molecule has 10 heteroatoms. The van der Waals surface area contributed by atoms with Crippen LogP contribution in [0.5, 0.6) is 0 Å². The number of carbonyl (C=O) groups is 1. The van der Waals surface area contributed by atoms with Crippen molar-refractivity contribution in [2.75, 3.05) is 36.4 Å². The van der Waals surface area contributed by atoms with Gasteiger partial charge in [0.15, 0.2) is 5.82 Å². The zero-order chi connectivity index (χ0) is 28.3. The van der Waals surface area contributed by atoms with Gasteiger partial charge in [0.1, 0.15) is 5.82 Å². The van der Waals surface area contributed by atoms with Crippen molar-refractivity contribution in [1.29, 1.82) is 0 Å². The van der Waals surface area contributed by atoms with Crippen molar-refractivity contribution >= 4 is 29.1 Å². The van der Waals surface area contributed by atoms with Crippen molar-refractivity contribution in [3.05, 3.63) is 106 Å². The number of alkyl halides is 3. The highest BCUT2D eigenvalue weighted by Gasteiger charge is 2.31. The van der Waals surface area contributed by atoms with Gasteiger partial charge in [-0.2, -0.15) is 13.2 Å². The molecule has 2 heterocycles. The van der Waals surface area contributed by atoms with Crippen LogP contribution in [0.2, 0.25) is 5.02 Å². The van der Waals surface area contributed by atoms with Crippen molar-refractivity contribution in [1.82, 2.24) is 14.9 Å². The van der Waals surface area contributed by atoms with Gasteiger partial charge in [-0.3, -0.25) is 0 Å². The maximum Gasteiger partial charge on any atom is 0.416 e. The molecule has 1 aliphatic rings. The predicted octanol–water partition coefficient (Wildman–Crippen LogP) is 7.07. The molecule has 1 aliphatic heterocycles. The maximum absolute atomic E-state index is 13.4. The number of benzene rings is 3. The van der Waals surface area contributed by atoms with Gasteiger partial charge < -0.3 is 15.1 Å². The second-order valence-corrected chi connectivity index (χ2v) is 10.0. The van der Waals surface area contributed by atoms with E-state index in [2.05, 4.69) is 15.2 Å². The fourth-order valence-electron chi connectivity index (χ4n) is 4.70. The highest BCUT2D eigenvalue weighted by molar-refractivity contribution is 6.30. The van der Waals surface area contributed by atoms with Crippen molar-refractivity contribution < 1.29 is 18.0 Å². The lowest BCUT2D eigenvalue weighted by atomic mass is 10.0. The lowest BCUT2D eigenvalue weighted by molar-refractivity contribution is -0.137. The van der Waals surface area contributed by atoms with Gasteiger partial charge in [0, 0.05) is 60.1 Å². The van der Waals surface area contributed by atoms with Crippen LogP contribution in [-0.2, 0) is 12.6 Å². The van der Waals surface area contributed by atoms with Crippen molar-refractivity contribution in [3.63, 3.8) is 0 Å². The van der Waals surface area contributed by atoms with Gasteiger partial charge in [-0.15, -0.1) is 0 Å². The molecule has 206 valence electrons. The lowest BCUT2D eigenvalue weighted by Gasteiger charge is -2.36. The second kappa shape index (κ2) is 11.6. The normalized spacial score (nSPS) is 13.8. The largest absolute Gasteiger partial charge is 0.416 e. The van der Waals surface area contributed by atoms with Crippen LogP contribution >= 0.6 is 11.6 Å². The zero-order valence-electron chi connectivity index (χ0n) is 21.8. The van der Waals surface area contributed by atoms with E-state index in [1.54, 1.807) is 35.2 Å². The van der Waals surface area contributed by atoms with Crippen LogP contribution in [0, 0.1) is 6.92 Å². The smallest absolute Gasteiger partial charge is 0.353 e. The molecule has 0 saturated carbocycles. The molecule has 6 nitrogen and oxygen atoms in total. The van der Waals surface area contributed by atoms with Crippen LogP contribution in [0.25, 0.3) is 11.4 Å². The summed E-state index contributed by atoms with van der Waals surface area (Å²) in [6, 6.07) is 21.7. The molecule has 0 atom stereocenters. The minimum absolute atomic E-state index is 0.227. The van der Waals surface area contributed by atoms with E-state index in [-0.39, 0.29) is 11.9 Å². The average Bonchev–Trinajstić information content (AvgIpc) is 2.94. The van der Waals surface area contributed by atoms with Crippen molar-refractivity contribution in [2.45, 2.75) is 19.5 Å². The standard InChI is InChI=1S/C30H27ClF3N5O/c1-20-26(17-21-7-3-2-4-8-21)28(37-27(35-20)22-9-5-10-23(18-22)30(32,33)34)38-13-15-39(16-14-38)29(40)36-25-12-6-11-24(31)19-25/h2-12,18-19H,13-17H2,1H3,(H,36,40). The van der Waals surface area contributed by atoms with E-state index >= 15 is 0 Å². The van der Waals surface area contributed by atoms with E-state index in [0.29, 0.717) is 60.4 Å². The summed E-state index contributed by atoms with van der Waals surface area (Å²) in [6.07, 6.45) is -3.90. The first kappa shape index (κ1) is 27.5. The SMILES string of the molecule is Cc1nc(-c2cccc(C(F)(F)F)c2)nc(N2CCN(C(=O)Nc3cccc(Cl)c3)CC2)c1Cc1ccccc1. The van der Waals surface area contributed by atoms with Gasteiger partial charge in [-0.1, -0.05) is 60.1 Å². The van der Waals surface area contributed by atoms with Crippen LogP contribution in [0.4, 0.5) is 29.5 Å². The predicted molar refractivity (Wildman–Crippen MR) is 151 cm³/mol. The molecule has 0 bridgehead atoms. The summed E-state index contributed by atoms with van der Waals surface area (Å²) in [6.45, 7) is 3.75. The number of carbonyl (C=O) groups excluding carboxylic acids is 1. The molecule has 0 radical (unpaired) electrons. The number of nitrogens with zero attached hydrogens (tertiary/aromatic N) is 4. The summed E-state index contributed by atoms with van der Waals surface area (Å²) in [5.41, 5.74) is 2.83. The van der Waals surface area contributed by atoms with Gasteiger partial charge in [0.2, 0.25) is 0 Å². The number of anilines is 2. The summed E-state index contributed by atoms with van der Waals surface area (Å²) in [5.74, 6) is 0.898. The number of halogens is 4. The molecule has 0 unspecified atom stereocenters. The molecule has 5 rings (SSSR count). The minimum Gasteiger partial charge on any atom is -0.353 e. The number of aryl methyl sites for hydroxylation is 1. The Bertz CT molecular complexity index is 1510. The van der Waals surface area contributed by atoms with E-state index < -0.39 is 11.7 Å². The topological polar surface area (TPSA) is 61.4 Å². The number of hydrogen-bond donors (Lipinski definition) is 1. The lowest BCUT2D eigenvalue weighted by Crippen LogP contribution is -2.50. The third kappa shape index (κ3) is 6.37. The Labute approximate surface area is 235 Å². The first-order valence-electron chi connectivity index (χ1n) is 12.8. The molecule has 1 saturated heterocycles. The van der Waals surface area contributed by atoms with Gasteiger partial charge in [-0.25, -0.2) is 14.8 Å². The molecule has 1 fully saturated rings. The van der Waals surface area contributed by atoms with Crippen LogP contribution in [0.3, 0.4) is 0 Å². The van der Waals surface area contributed by atoms with Crippen molar-refractivity contribution in [2.24, 2.45) is 0 Å². The Morgan fingerprint density at radius 3 is 2.35 bits per heavy atom. The average molecular weight is 566 g/mol. The van der Waals surface area contributed by atoms with E-state index in [1.807, 2.05) is 37.3 Å². The molecule has 1 aromatic heterocycles. The van der Waals surface area contributed by atoms with Crippen molar-refractivity contribution in [3.8, 4) is 11.4 Å². The molecule has 3 aromatic carbocycles. The summed E-state index contributed by atoms with van der Waals surface area (Å²) < 4.78 is 40.2. The fourth-order valence-corrected chi connectivity index (χ4v) is 4.89. The van der Waals surface area contributed by atoms with E-state index in [4.69, 9.17) is 16.6 Å². The number of amides is 2. The van der Waals surface area contributed by atoms with Gasteiger partial charge in [0.25, 0.3) is 0 Å². The number of hydrogen-bond acceptors (Lipinski definition) is 4. The third-order valence-electron chi connectivity index (χ3n) is 6.81. The molecule has 4 aromatic rings. The van der Waals surface area contributed by atoms with Gasteiger partial charge >= 0.3 is 12.2 Å². The monoisotopic (exact) mass is 565 g/mol. The first-order chi connectivity index (χ1) is 19.2. The first-order valence-corrected chi connectivity index (χ1v) is 13.2. The van der Waals surface area contributed by atoms with E-state index in [0.717, 1.165) is 23.3 Å². The minimum atomic E-state index is -4.47. The van der Waals surface area contributed by atoms with Crippen LogP contribution in [-0.4, -0.2) is 47.1 Å². The quantitative estimate of drug-likeness (QED) is 0.281. The van der Waals surface area contributed by atoms with Crippen LogP contribution in [0.15, 0.2) is 78.9 Å². The summed E-state index contributed by atoms with van der Waals surface area (Å²) in [7, 11) is 0. The highest BCUT2D eigenvalue weighted by atomic mass is 35.5. The second-order valence-electron chi connectivity index (χ2n) is 9.59. The molecule has 40 heavy (non-hydrogen) atoms. The summed E-state index contributed by atoms with van der Waals surface area (Å²) in [5, 5.41) is 3.41. The van der Waals surface area contributed by atoms with Gasteiger partial charge in [0.05, 0.1) is 5.56 Å². The maximum atomic E-state index is 13.4. The summed E-state index contributed by atoms with van der Waals surface area (Å²) >= 11 is 6.04. The number of urea groups is 1. The molecule has 2 amide bonds. The van der Waals surface area contributed by atoms with E-state index in [9.17, 15) is 18.0 Å². The van der Waals surface area contributed by atoms with Crippen LogP contribution < -0.4 is 10.2 Å². The zero-order valence-corrected chi connectivity index (χ0v) is 22.5. The molecule has 1 N–H and O–H groups in total. The Hall–Kier alpha value is -4.11. The Morgan fingerprint density at radius 2 is 1.65 bits per heavy atom. The van der Waals surface area contributed by atoms with Gasteiger partial charge in [-0.05, 0) is 42.8 Å². The molecule has 0 spiro atoms. The number of aromatic nitrogens is 2. The number of nitrogens with one attached hydrogen (secondary N) is 1. The highest BCUT2D eigenvalue weighted by Crippen LogP contribution is 2.33. The number of rotatable bonds is 5. The Kier molecular flexibility index (Phi) is 7.93. The Balaban J connectivity index is 1.42. The van der Waals surface area contributed by atoms with E-state index in [1.165, 1.54) is 6.07 Å². The summed E-state index contributed by atoms with van der Waals surface area (Å²) in [4.78, 5) is 26.1. The fraction of sp³-hybridized carbons (Fsp3) is 0.233.